The fraction of sp³-hybridized carbons (Fsp3) is 0.636. The van der Waals surface area contributed by atoms with Crippen LogP contribution < -0.4 is 11.1 Å². The van der Waals surface area contributed by atoms with Crippen LogP contribution in [0, 0.1) is 0 Å². The van der Waals surface area contributed by atoms with E-state index in [-0.39, 0.29) is 23.7 Å². The Morgan fingerprint density at radius 1 is 1.53 bits per heavy atom. The van der Waals surface area contributed by atoms with Crippen molar-refractivity contribution >= 4 is 21.4 Å². The summed E-state index contributed by atoms with van der Waals surface area (Å²) < 4.78 is 22.6. The third-order valence-electron chi connectivity index (χ3n) is 3.17. The minimum Gasteiger partial charge on any atom is -0.395 e. The first-order valence-electron chi connectivity index (χ1n) is 6.27. The molecule has 106 valence electrons. The van der Waals surface area contributed by atoms with Crippen molar-refractivity contribution in [3.63, 3.8) is 0 Å². The lowest BCUT2D eigenvalue weighted by molar-refractivity contribution is 0.0952. The lowest BCUT2D eigenvalue weighted by Gasteiger charge is -2.04. The topological polar surface area (TPSA) is 118 Å². The van der Waals surface area contributed by atoms with Gasteiger partial charge in [-0.05, 0) is 12.8 Å². The van der Waals surface area contributed by atoms with Gasteiger partial charge in [0.25, 0.3) is 5.91 Å². The molecule has 7 nitrogen and oxygen atoms in total. The van der Waals surface area contributed by atoms with Crippen LogP contribution in [0.25, 0.3) is 0 Å². The number of amides is 1. The number of aromatic amines is 1. The first-order valence-corrected chi connectivity index (χ1v) is 8.09. The number of H-pyrrole nitrogens is 1. The molecule has 0 aliphatic heterocycles. The van der Waals surface area contributed by atoms with Crippen molar-refractivity contribution in [1.82, 2.24) is 15.5 Å². The first kappa shape index (κ1) is 13.9. The van der Waals surface area contributed by atoms with Crippen LogP contribution in [0.4, 0.5) is 5.69 Å². The number of anilines is 1. The SMILES string of the molecule is CCS(=O)(=O)CCNC(=O)c1n[nH]c(C2CC2)c1N. The van der Waals surface area contributed by atoms with Crippen LogP contribution in [0.2, 0.25) is 0 Å². The number of rotatable bonds is 6. The third-order valence-corrected chi connectivity index (χ3v) is 4.88. The molecule has 0 aromatic carbocycles. The molecule has 1 heterocycles. The van der Waals surface area contributed by atoms with E-state index in [1.54, 1.807) is 6.92 Å². The highest BCUT2D eigenvalue weighted by atomic mass is 32.2. The molecule has 1 aromatic rings. The van der Waals surface area contributed by atoms with E-state index in [4.69, 9.17) is 5.73 Å². The number of nitrogen functional groups attached to an aromatic ring is 1. The van der Waals surface area contributed by atoms with Gasteiger partial charge < -0.3 is 11.1 Å². The van der Waals surface area contributed by atoms with E-state index in [9.17, 15) is 13.2 Å². The zero-order valence-corrected chi connectivity index (χ0v) is 11.6. The molecule has 0 radical (unpaired) electrons. The van der Waals surface area contributed by atoms with Gasteiger partial charge in [-0.2, -0.15) is 5.10 Å². The summed E-state index contributed by atoms with van der Waals surface area (Å²) in [6.45, 7) is 1.64. The van der Waals surface area contributed by atoms with Crippen LogP contribution in [-0.4, -0.2) is 42.6 Å². The molecule has 0 saturated heterocycles. The average Bonchev–Trinajstić information content (AvgIpc) is 3.12. The standard InChI is InChI=1S/C11H18N4O3S/c1-2-19(17,18)6-5-13-11(16)10-8(12)9(14-15-10)7-3-4-7/h7H,2-6,12H2,1H3,(H,13,16)(H,14,15). The summed E-state index contributed by atoms with van der Waals surface area (Å²) in [4.78, 5) is 11.8. The van der Waals surface area contributed by atoms with Gasteiger partial charge in [0.2, 0.25) is 0 Å². The van der Waals surface area contributed by atoms with Crippen molar-refractivity contribution in [2.75, 3.05) is 23.8 Å². The van der Waals surface area contributed by atoms with Gasteiger partial charge in [0, 0.05) is 18.2 Å². The zero-order chi connectivity index (χ0) is 14.0. The van der Waals surface area contributed by atoms with Gasteiger partial charge in [-0.25, -0.2) is 8.42 Å². The van der Waals surface area contributed by atoms with Crippen LogP contribution in [0.15, 0.2) is 0 Å². The summed E-state index contributed by atoms with van der Waals surface area (Å²) in [7, 11) is -3.08. The van der Waals surface area contributed by atoms with Gasteiger partial charge in [0.1, 0.15) is 0 Å². The Bertz CT molecular complexity index is 575. The van der Waals surface area contributed by atoms with Crippen molar-refractivity contribution in [2.45, 2.75) is 25.7 Å². The van der Waals surface area contributed by atoms with Crippen LogP contribution in [0.5, 0.6) is 0 Å². The Morgan fingerprint density at radius 2 is 2.21 bits per heavy atom. The molecule has 4 N–H and O–H groups in total. The molecule has 1 amide bonds. The second-order valence-electron chi connectivity index (χ2n) is 4.67. The van der Waals surface area contributed by atoms with Crippen molar-refractivity contribution in [2.24, 2.45) is 0 Å². The number of nitrogens with two attached hydrogens (primary N) is 1. The number of hydrogen-bond donors (Lipinski definition) is 3. The van der Waals surface area contributed by atoms with Gasteiger partial charge >= 0.3 is 0 Å². The summed E-state index contributed by atoms with van der Waals surface area (Å²) in [6, 6.07) is 0. The molecule has 0 spiro atoms. The number of hydrogen-bond acceptors (Lipinski definition) is 5. The molecule has 1 aromatic heterocycles. The monoisotopic (exact) mass is 286 g/mol. The quantitative estimate of drug-likeness (QED) is 0.682. The molecule has 1 fully saturated rings. The number of carbonyl (C=O) groups excluding carboxylic acids is 1. The predicted octanol–water partition coefficient (Wildman–Crippen LogP) is 0.0338. The molecule has 1 saturated carbocycles. The van der Waals surface area contributed by atoms with E-state index in [1.807, 2.05) is 0 Å². The van der Waals surface area contributed by atoms with E-state index >= 15 is 0 Å². The minimum absolute atomic E-state index is 0.0687. The van der Waals surface area contributed by atoms with Gasteiger partial charge in [-0.1, -0.05) is 6.92 Å². The molecular weight excluding hydrogens is 268 g/mol. The Morgan fingerprint density at radius 3 is 2.79 bits per heavy atom. The Balaban J connectivity index is 1.93. The van der Waals surface area contributed by atoms with Gasteiger partial charge in [-0.15, -0.1) is 0 Å². The highest BCUT2D eigenvalue weighted by Gasteiger charge is 2.30. The molecule has 0 atom stereocenters. The van der Waals surface area contributed by atoms with Gasteiger partial charge in [0.15, 0.2) is 15.5 Å². The van der Waals surface area contributed by atoms with Crippen molar-refractivity contribution < 1.29 is 13.2 Å². The van der Waals surface area contributed by atoms with Crippen LogP contribution in [0.3, 0.4) is 0 Å². The normalized spacial score (nSPS) is 15.4. The van der Waals surface area contributed by atoms with Crippen LogP contribution in [0.1, 0.15) is 41.9 Å². The second-order valence-corrected chi connectivity index (χ2v) is 7.14. The highest BCUT2D eigenvalue weighted by molar-refractivity contribution is 7.91. The van der Waals surface area contributed by atoms with E-state index in [2.05, 4.69) is 15.5 Å². The van der Waals surface area contributed by atoms with Crippen molar-refractivity contribution in [1.29, 1.82) is 0 Å². The number of nitrogens with zero attached hydrogens (tertiary/aromatic N) is 1. The smallest absolute Gasteiger partial charge is 0.273 e. The summed E-state index contributed by atoms with van der Waals surface area (Å²) in [5, 5.41) is 9.20. The van der Waals surface area contributed by atoms with Crippen molar-refractivity contribution in [3.8, 4) is 0 Å². The molecule has 1 aliphatic carbocycles. The second kappa shape index (κ2) is 5.20. The Hall–Kier alpha value is -1.57. The van der Waals surface area contributed by atoms with E-state index in [0.29, 0.717) is 11.6 Å². The van der Waals surface area contributed by atoms with Crippen LogP contribution in [-0.2, 0) is 9.84 Å². The van der Waals surface area contributed by atoms with Gasteiger partial charge in [0.05, 0.1) is 17.1 Å². The van der Waals surface area contributed by atoms with E-state index in [0.717, 1.165) is 18.5 Å². The van der Waals surface area contributed by atoms with Crippen molar-refractivity contribution in [3.05, 3.63) is 11.4 Å². The summed E-state index contributed by atoms with van der Waals surface area (Å²) in [5.41, 5.74) is 7.19. The fourth-order valence-electron chi connectivity index (χ4n) is 1.77. The predicted molar refractivity (Wildman–Crippen MR) is 71.6 cm³/mol. The molecule has 19 heavy (non-hydrogen) atoms. The molecule has 2 rings (SSSR count). The maximum absolute atomic E-state index is 11.8. The Kier molecular flexibility index (Phi) is 3.79. The Labute approximate surface area is 111 Å². The number of aromatic nitrogens is 2. The number of nitrogens with one attached hydrogen (secondary N) is 2. The fourth-order valence-corrected chi connectivity index (χ4v) is 2.47. The third kappa shape index (κ3) is 3.25. The van der Waals surface area contributed by atoms with Gasteiger partial charge in [-0.3, -0.25) is 9.89 Å². The number of carbonyl (C=O) groups is 1. The lowest BCUT2D eigenvalue weighted by atomic mass is 10.2. The summed E-state index contributed by atoms with van der Waals surface area (Å²) in [5.74, 6) is -0.0599. The molecule has 1 aliphatic rings. The zero-order valence-electron chi connectivity index (χ0n) is 10.8. The number of sulfone groups is 1. The molecule has 0 bridgehead atoms. The average molecular weight is 286 g/mol. The summed E-state index contributed by atoms with van der Waals surface area (Å²) in [6.07, 6.45) is 2.12. The highest BCUT2D eigenvalue weighted by Crippen LogP contribution is 2.42. The van der Waals surface area contributed by atoms with E-state index < -0.39 is 15.7 Å². The molecule has 8 heteroatoms. The van der Waals surface area contributed by atoms with Crippen LogP contribution >= 0.6 is 0 Å². The summed E-state index contributed by atoms with van der Waals surface area (Å²) >= 11 is 0. The maximum atomic E-state index is 11.8. The maximum Gasteiger partial charge on any atom is 0.273 e. The minimum atomic E-state index is -3.08. The molecular formula is C11H18N4O3S. The largest absolute Gasteiger partial charge is 0.395 e. The lowest BCUT2D eigenvalue weighted by Crippen LogP contribution is -2.30. The first-order chi connectivity index (χ1) is 8.94. The van der Waals surface area contributed by atoms with E-state index in [1.165, 1.54) is 0 Å². The molecule has 0 unspecified atom stereocenters.